The summed E-state index contributed by atoms with van der Waals surface area (Å²) in [5, 5.41) is 10.4. The summed E-state index contributed by atoms with van der Waals surface area (Å²) in [6.07, 6.45) is 14.1. The normalized spacial score (nSPS) is 32.5. The van der Waals surface area contributed by atoms with Crippen molar-refractivity contribution in [3.63, 3.8) is 0 Å². The molecule has 1 saturated heterocycles. The number of likely N-dealkylation sites (tertiary alicyclic amines) is 1. The zero-order chi connectivity index (χ0) is 13.1. The minimum absolute atomic E-state index is 0.0879. The van der Waals surface area contributed by atoms with Gasteiger partial charge in [0.25, 0.3) is 0 Å². The molecule has 2 nitrogen and oxygen atoms in total. The third-order valence-electron chi connectivity index (χ3n) is 5.17. The van der Waals surface area contributed by atoms with Gasteiger partial charge < -0.3 is 10.0 Å². The molecular weight excluding hydrogens is 234 g/mol. The molecule has 1 heterocycles. The summed E-state index contributed by atoms with van der Waals surface area (Å²) in [6, 6.07) is 0. The van der Waals surface area contributed by atoms with E-state index >= 15 is 0 Å². The van der Waals surface area contributed by atoms with Gasteiger partial charge in [-0.05, 0) is 70.5 Å². The van der Waals surface area contributed by atoms with Crippen LogP contribution < -0.4 is 0 Å². The van der Waals surface area contributed by atoms with Crippen molar-refractivity contribution in [3.05, 3.63) is 23.3 Å². The summed E-state index contributed by atoms with van der Waals surface area (Å²) in [7, 11) is 0. The highest BCUT2D eigenvalue weighted by atomic mass is 16.3. The first kappa shape index (κ1) is 13.4. The maximum atomic E-state index is 10.4. The van der Waals surface area contributed by atoms with Gasteiger partial charge in [-0.15, -0.1) is 0 Å². The maximum Gasteiger partial charge on any atom is 0.0609 e. The van der Waals surface area contributed by atoms with E-state index in [2.05, 4.69) is 17.1 Å². The summed E-state index contributed by atoms with van der Waals surface area (Å²) in [4.78, 5) is 2.60. The minimum atomic E-state index is -0.0879. The van der Waals surface area contributed by atoms with Crippen LogP contribution in [0.25, 0.3) is 0 Å². The van der Waals surface area contributed by atoms with Crippen LogP contribution in [0.2, 0.25) is 0 Å². The Kier molecular flexibility index (Phi) is 4.39. The molecule has 0 amide bonds. The van der Waals surface area contributed by atoms with Gasteiger partial charge in [0.05, 0.1) is 6.10 Å². The molecule has 1 N–H and O–H groups in total. The zero-order valence-corrected chi connectivity index (χ0v) is 12.0. The molecule has 0 aromatic heterocycles. The molecule has 2 aliphatic carbocycles. The van der Waals surface area contributed by atoms with Crippen LogP contribution in [0.3, 0.4) is 0 Å². The lowest BCUT2D eigenvalue weighted by molar-refractivity contribution is 0.0828. The van der Waals surface area contributed by atoms with Gasteiger partial charge in [-0.1, -0.05) is 29.7 Å². The van der Waals surface area contributed by atoms with E-state index in [1.54, 1.807) is 5.57 Å². The lowest BCUT2D eigenvalue weighted by atomic mass is 9.76. The zero-order valence-electron chi connectivity index (χ0n) is 12.0. The Morgan fingerprint density at radius 2 is 1.68 bits per heavy atom. The van der Waals surface area contributed by atoms with Crippen molar-refractivity contribution in [1.29, 1.82) is 0 Å². The Balaban J connectivity index is 1.52. The molecule has 0 bridgehead atoms. The van der Waals surface area contributed by atoms with Gasteiger partial charge in [0.1, 0.15) is 0 Å². The van der Waals surface area contributed by atoms with Gasteiger partial charge in [0.2, 0.25) is 0 Å². The molecule has 3 aliphatic rings. The summed E-state index contributed by atoms with van der Waals surface area (Å²) < 4.78 is 0. The largest absolute Gasteiger partial charge is 0.392 e. The highest BCUT2D eigenvalue weighted by molar-refractivity contribution is 5.27. The molecule has 2 heteroatoms. The second kappa shape index (κ2) is 6.23. The van der Waals surface area contributed by atoms with Gasteiger partial charge in [-0.25, -0.2) is 0 Å². The van der Waals surface area contributed by atoms with Crippen LogP contribution in [-0.4, -0.2) is 35.7 Å². The Hall–Kier alpha value is -0.600. The van der Waals surface area contributed by atoms with E-state index in [1.807, 2.05) is 0 Å². The second-order valence-electron chi connectivity index (χ2n) is 6.51. The highest BCUT2D eigenvalue weighted by Gasteiger charge is 2.28. The van der Waals surface area contributed by atoms with Crippen LogP contribution in [0.15, 0.2) is 23.3 Å². The van der Waals surface area contributed by atoms with Crippen molar-refractivity contribution in [1.82, 2.24) is 4.90 Å². The Labute approximate surface area is 117 Å². The third-order valence-corrected chi connectivity index (χ3v) is 5.17. The van der Waals surface area contributed by atoms with E-state index in [1.165, 1.54) is 50.9 Å². The maximum absolute atomic E-state index is 10.4. The first-order valence-electron chi connectivity index (χ1n) is 8.08. The number of hydrogen-bond acceptors (Lipinski definition) is 2. The standard InChI is InChI=1S/C17H27NO/c19-17-13-15-7-3-2-6-14(15)12-16(17)8-11-18-9-4-1-5-10-18/h2-3,16-17,19H,1,4-13H2/t16-,17+/m1/s1. The number of hydrogen-bond donors (Lipinski definition) is 1. The van der Waals surface area contributed by atoms with E-state index < -0.39 is 0 Å². The number of aliphatic hydroxyl groups excluding tert-OH is 1. The molecule has 1 fully saturated rings. The average molecular weight is 261 g/mol. The molecule has 0 aromatic carbocycles. The molecule has 0 unspecified atom stereocenters. The molecule has 19 heavy (non-hydrogen) atoms. The predicted molar refractivity (Wildman–Crippen MR) is 79.0 cm³/mol. The average Bonchev–Trinajstić information content (AvgIpc) is 2.46. The van der Waals surface area contributed by atoms with Gasteiger partial charge in [-0.3, -0.25) is 0 Å². The van der Waals surface area contributed by atoms with Crippen LogP contribution in [0.4, 0.5) is 0 Å². The van der Waals surface area contributed by atoms with E-state index in [0.717, 1.165) is 25.7 Å². The summed E-state index contributed by atoms with van der Waals surface area (Å²) >= 11 is 0. The van der Waals surface area contributed by atoms with Crippen molar-refractivity contribution < 1.29 is 5.11 Å². The number of nitrogens with zero attached hydrogens (tertiary/aromatic N) is 1. The summed E-state index contributed by atoms with van der Waals surface area (Å²) in [5.41, 5.74) is 3.17. The van der Waals surface area contributed by atoms with Crippen molar-refractivity contribution in [2.45, 2.75) is 57.5 Å². The van der Waals surface area contributed by atoms with Crippen LogP contribution in [0.1, 0.15) is 51.4 Å². The van der Waals surface area contributed by atoms with Crippen molar-refractivity contribution in [2.24, 2.45) is 5.92 Å². The van der Waals surface area contributed by atoms with Gasteiger partial charge in [0.15, 0.2) is 0 Å². The van der Waals surface area contributed by atoms with Crippen LogP contribution in [0.5, 0.6) is 0 Å². The quantitative estimate of drug-likeness (QED) is 0.788. The fraction of sp³-hybridized carbons (Fsp3) is 0.765. The molecule has 106 valence electrons. The number of piperidine rings is 1. The lowest BCUT2D eigenvalue weighted by Gasteiger charge is -2.35. The van der Waals surface area contributed by atoms with Crippen molar-refractivity contribution >= 4 is 0 Å². The van der Waals surface area contributed by atoms with Crippen LogP contribution in [0, 0.1) is 5.92 Å². The van der Waals surface area contributed by atoms with E-state index in [0.29, 0.717) is 5.92 Å². The first-order valence-corrected chi connectivity index (χ1v) is 8.08. The molecule has 0 aromatic rings. The Morgan fingerprint density at radius 1 is 1.00 bits per heavy atom. The van der Waals surface area contributed by atoms with E-state index in [-0.39, 0.29) is 6.10 Å². The molecule has 1 aliphatic heterocycles. The lowest BCUT2D eigenvalue weighted by Crippen LogP contribution is -2.34. The molecule has 0 spiro atoms. The van der Waals surface area contributed by atoms with E-state index in [9.17, 15) is 5.11 Å². The first-order chi connectivity index (χ1) is 9.33. The van der Waals surface area contributed by atoms with Crippen LogP contribution in [-0.2, 0) is 0 Å². The highest BCUT2D eigenvalue weighted by Crippen LogP contribution is 2.37. The second-order valence-corrected chi connectivity index (χ2v) is 6.51. The SMILES string of the molecule is O[C@H]1CC2=C(CC=CC2)C[C@H]1CCN1CCCCC1. The smallest absolute Gasteiger partial charge is 0.0609 e. The number of rotatable bonds is 3. The number of allylic oxidation sites excluding steroid dienone is 3. The van der Waals surface area contributed by atoms with Gasteiger partial charge in [0, 0.05) is 0 Å². The van der Waals surface area contributed by atoms with E-state index in [4.69, 9.17) is 0 Å². The number of aliphatic hydroxyl groups is 1. The summed E-state index contributed by atoms with van der Waals surface area (Å²) in [6.45, 7) is 3.75. The molecule has 2 atom stereocenters. The molecule has 0 saturated carbocycles. The predicted octanol–water partition coefficient (Wildman–Crippen LogP) is 3.28. The topological polar surface area (TPSA) is 23.5 Å². The fourth-order valence-electron chi connectivity index (χ4n) is 3.89. The Bertz CT molecular complexity index is 365. The van der Waals surface area contributed by atoms with Gasteiger partial charge >= 0.3 is 0 Å². The van der Waals surface area contributed by atoms with Gasteiger partial charge in [-0.2, -0.15) is 0 Å². The molecule has 3 rings (SSSR count). The molecule has 0 radical (unpaired) electrons. The van der Waals surface area contributed by atoms with Crippen LogP contribution >= 0.6 is 0 Å². The minimum Gasteiger partial charge on any atom is -0.392 e. The van der Waals surface area contributed by atoms with Crippen molar-refractivity contribution in [3.8, 4) is 0 Å². The molecular formula is C17H27NO. The van der Waals surface area contributed by atoms with Crippen molar-refractivity contribution in [2.75, 3.05) is 19.6 Å². The summed E-state index contributed by atoms with van der Waals surface area (Å²) in [5.74, 6) is 0.507. The monoisotopic (exact) mass is 261 g/mol. The Morgan fingerprint density at radius 3 is 2.42 bits per heavy atom. The fourth-order valence-corrected chi connectivity index (χ4v) is 3.89. The third kappa shape index (κ3) is 3.29.